The average molecular weight is 388 g/mol. The molecule has 2 saturated heterocycles. The lowest BCUT2D eigenvalue weighted by molar-refractivity contribution is -0.142. The van der Waals surface area contributed by atoms with E-state index in [0.717, 1.165) is 50.9 Å². The highest BCUT2D eigenvalue weighted by atomic mass is 16.6. The van der Waals surface area contributed by atoms with Gasteiger partial charge in [0.2, 0.25) is 5.91 Å². The van der Waals surface area contributed by atoms with Gasteiger partial charge < -0.3 is 24.4 Å². The molecule has 0 bridgehead atoms. The Bertz CT molecular complexity index is 709. The Morgan fingerprint density at radius 1 is 1.04 bits per heavy atom. The summed E-state index contributed by atoms with van der Waals surface area (Å²) in [5, 5.41) is 2.94. The van der Waals surface area contributed by atoms with E-state index in [1.807, 2.05) is 23.1 Å². The van der Waals surface area contributed by atoms with Gasteiger partial charge in [-0.15, -0.1) is 0 Å². The molecule has 1 aromatic carbocycles. The number of benzene rings is 1. The first-order chi connectivity index (χ1) is 13.7. The Morgan fingerprint density at radius 2 is 1.82 bits per heavy atom. The fourth-order valence-corrected chi connectivity index (χ4v) is 4.10. The molecule has 0 unspecified atom stereocenters. The topological polar surface area (TPSA) is 77.1 Å². The summed E-state index contributed by atoms with van der Waals surface area (Å²) < 4.78 is 16.5. The fourth-order valence-electron chi connectivity index (χ4n) is 4.10. The molecule has 0 spiro atoms. The lowest BCUT2D eigenvalue weighted by atomic mass is 9.91. The average Bonchev–Trinajstić information content (AvgIpc) is 3.27. The monoisotopic (exact) mass is 388 g/mol. The zero-order chi connectivity index (χ0) is 19.3. The van der Waals surface area contributed by atoms with Gasteiger partial charge in [-0.2, -0.15) is 0 Å². The zero-order valence-corrected chi connectivity index (χ0v) is 16.2. The first kappa shape index (κ1) is 19.1. The highest BCUT2D eigenvalue weighted by molar-refractivity contribution is 5.91. The summed E-state index contributed by atoms with van der Waals surface area (Å²) in [6, 6.07) is 5.47. The van der Waals surface area contributed by atoms with E-state index in [1.54, 1.807) is 0 Å². The lowest BCUT2D eigenvalue weighted by Crippen LogP contribution is -2.43. The number of amides is 2. The standard InChI is InChI=1S/C21H28N2O5/c24-20(22-16-4-5-17-19(14-16)28-13-12-27-17)6-3-15-7-9-23(10-8-15)21(25)18-2-1-11-26-18/h4-5,14-15,18H,1-3,6-13H2,(H,22,24)/t18-/m1/s1. The van der Waals surface area contributed by atoms with E-state index in [0.29, 0.717) is 43.7 Å². The molecule has 0 radical (unpaired) electrons. The van der Waals surface area contributed by atoms with Crippen LogP contribution in [0, 0.1) is 5.92 Å². The number of carbonyl (C=O) groups is 2. The fraction of sp³-hybridized carbons (Fsp3) is 0.619. The van der Waals surface area contributed by atoms with E-state index in [-0.39, 0.29) is 17.9 Å². The van der Waals surface area contributed by atoms with Crippen LogP contribution in [0.5, 0.6) is 11.5 Å². The SMILES string of the molecule is O=C(CCC1CCN(C(=O)[C@H]2CCCO2)CC1)Nc1ccc2c(c1)OCCO2. The van der Waals surface area contributed by atoms with Gasteiger partial charge >= 0.3 is 0 Å². The van der Waals surface area contributed by atoms with E-state index < -0.39 is 0 Å². The van der Waals surface area contributed by atoms with Crippen molar-refractivity contribution in [3.63, 3.8) is 0 Å². The molecule has 1 N–H and O–H groups in total. The Balaban J connectivity index is 1.19. The summed E-state index contributed by atoms with van der Waals surface area (Å²) in [6.07, 6.45) is 4.83. The number of ether oxygens (including phenoxy) is 3. The van der Waals surface area contributed by atoms with Crippen LogP contribution in [-0.2, 0) is 14.3 Å². The van der Waals surface area contributed by atoms with Crippen molar-refractivity contribution in [3.8, 4) is 11.5 Å². The summed E-state index contributed by atoms with van der Waals surface area (Å²) in [4.78, 5) is 26.6. The minimum Gasteiger partial charge on any atom is -0.486 e. The van der Waals surface area contributed by atoms with Crippen molar-refractivity contribution in [2.24, 2.45) is 5.92 Å². The zero-order valence-electron chi connectivity index (χ0n) is 16.2. The first-order valence-corrected chi connectivity index (χ1v) is 10.3. The van der Waals surface area contributed by atoms with Crippen molar-refractivity contribution in [1.29, 1.82) is 0 Å². The molecule has 152 valence electrons. The van der Waals surface area contributed by atoms with Crippen LogP contribution >= 0.6 is 0 Å². The predicted molar refractivity (Wildman–Crippen MR) is 104 cm³/mol. The number of fused-ring (bicyclic) bond motifs is 1. The number of carbonyl (C=O) groups excluding carboxylic acids is 2. The molecule has 1 aromatic rings. The van der Waals surface area contributed by atoms with E-state index in [1.165, 1.54) is 0 Å². The van der Waals surface area contributed by atoms with Gasteiger partial charge in [0, 0.05) is 37.9 Å². The van der Waals surface area contributed by atoms with Gasteiger partial charge in [0.15, 0.2) is 11.5 Å². The van der Waals surface area contributed by atoms with Crippen molar-refractivity contribution >= 4 is 17.5 Å². The Hall–Kier alpha value is -2.28. The molecule has 3 heterocycles. The highest BCUT2D eigenvalue weighted by Gasteiger charge is 2.30. The number of hydrogen-bond acceptors (Lipinski definition) is 5. The molecule has 0 aromatic heterocycles. The van der Waals surface area contributed by atoms with Gasteiger partial charge in [-0.05, 0) is 50.2 Å². The van der Waals surface area contributed by atoms with Gasteiger partial charge in [-0.3, -0.25) is 9.59 Å². The summed E-state index contributed by atoms with van der Waals surface area (Å²) in [5.41, 5.74) is 0.728. The second-order valence-electron chi connectivity index (χ2n) is 7.72. The van der Waals surface area contributed by atoms with Gasteiger partial charge in [0.05, 0.1) is 0 Å². The van der Waals surface area contributed by atoms with E-state index in [4.69, 9.17) is 14.2 Å². The van der Waals surface area contributed by atoms with Crippen molar-refractivity contribution in [2.75, 3.05) is 38.2 Å². The quantitative estimate of drug-likeness (QED) is 0.839. The molecular weight excluding hydrogens is 360 g/mol. The lowest BCUT2D eigenvalue weighted by Gasteiger charge is -2.33. The molecule has 7 nitrogen and oxygen atoms in total. The minimum atomic E-state index is -0.228. The van der Waals surface area contributed by atoms with E-state index in [9.17, 15) is 9.59 Å². The van der Waals surface area contributed by atoms with Crippen LogP contribution in [0.15, 0.2) is 18.2 Å². The molecule has 3 aliphatic rings. The number of likely N-dealkylation sites (tertiary alicyclic amines) is 1. The minimum absolute atomic E-state index is 0.00883. The second kappa shape index (κ2) is 8.82. The predicted octanol–water partition coefficient (Wildman–Crippen LogP) is 2.59. The molecule has 4 rings (SSSR count). The molecule has 0 saturated carbocycles. The third-order valence-electron chi connectivity index (χ3n) is 5.74. The maximum Gasteiger partial charge on any atom is 0.251 e. The van der Waals surface area contributed by atoms with Crippen LogP contribution in [-0.4, -0.2) is 55.7 Å². The van der Waals surface area contributed by atoms with Crippen LogP contribution in [0.4, 0.5) is 5.69 Å². The molecule has 2 fully saturated rings. The molecule has 3 aliphatic heterocycles. The van der Waals surface area contributed by atoms with Crippen LogP contribution in [0.2, 0.25) is 0 Å². The van der Waals surface area contributed by atoms with Crippen molar-refractivity contribution in [3.05, 3.63) is 18.2 Å². The molecule has 0 aliphatic carbocycles. The molecule has 7 heteroatoms. The van der Waals surface area contributed by atoms with Crippen molar-refractivity contribution in [1.82, 2.24) is 4.90 Å². The van der Waals surface area contributed by atoms with Crippen LogP contribution in [0.3, 0.4) is 0 Å². The van der Waals surface area contributed by atoms with E-state index >= 15 is 0 Å². The largest absolute Gasteiger partial charge is 0.486 e. The number of piperidine rings is 1. The molecule has 28 heavy (non-hydrogen) atoms. The van der Waals surface area contributed by atoms with Gasteiger partial charge in [0.1, 0.15) is 19.3 Å². The number of nitrogens with zero attached hydrogens (tertiary/aromatic N) is 1. The summed E-state index contributed by atoms with van der Waals surface area (Å²) in [6.45, 7) is 3.32. The van der Waals surface area contributed by atoms with E-state index in [2.05, 4.69) is 5.32 Å². The molecule has 2 amide bonds. The van der Waals surface area contributed by atoms with Crippen molar-refractivity contribution < 1.29 is 23.8 Å². The van der Waals surface area contributed by atoms with Crippen LogP contribution in [0.25, 0.3) is 0 Å². The molecular formula is C21H28N2O5. The second-order valence-corrected chi connectivity index (χ2v) is 7.72. The smallest absolute Gasteiger partial charge is 0.251 e. The first-order valence-electron chi connectivity index (χ1n) is 10.3. The maximum absolute atomic E-state index is 12.4. The van der Waals surface area contributed by atoms with Gasteiger partial charge in [-0.25, -0.2) is 0 Å². The van der Waals surface area contributed by atoms with Gasteiger partial charge in [0.25, 0.3) is 5.91 Å². The normalized spacial score (nSPS) is 22.1. The maximum atomic E-state index is 12.4. The Labute approximate surface area is 165 Å². The Kier molecular flexibility index (Phi) is 6.00. The number of hydrogen-bond donors (Lipinski definition) is 1. The third-order valence-corrected chi connectivity index (χ3v) is 5.74. The summed E-state index contributed by atoms with van der Waals surface area (Å²) in [7, 11) is 0. The molecule has 1 atom stereocenters. The van der Waals surface area contributed by atoms with Crippen LogP contribution in [0.1, 0.15) is 38.5 Å². The summed E-state index contributed by atoms with van der Waals surface area (Å²) in [5.74, 6) is 2.03. The third kappa shape index (κ3) is 4.58. The number of nitrogens with one attached hydrogen (secondary N) is 1. The van der Waals surface area contributed by atoms with Gasteiger partial charge in [-0.1, -0.05) is 0 Å². The summed E-state index contributed by atoms with van der Waals surface area (Å²) >= 11 is 0. The number of rotatable bonds is 5. The number of anilines is 1. The van der Waals surface area contributed by atoms with Crippen LogP contribution < -0.4 is 14.8 Å². The highest BCUT2D eigenvalue weighted by Crippen LogP contribution is 2.32. The van der Waals surface area contributed by atoms with Crippen molar-refractivity contribution in [2.45, 2.75) is 44.6 Å². The Morgan fingerprint density at radius 3 is 2.57 bits per heavy atom.